The predicted octanol–water partition coefficient (Wildman–Crippen LogP) is 1.71. The molecule has 1 aliphatic rings. The molecule has 2 heterocycles. The number of amides is 3. The standard InChI is InChI=1S/C18H18N4O5S/c1-9-14(17(26)27-2)28-18(19-9)22-13(23)8-7-12-16(25)20-11-6-4-3-5-10(11)15(24)21-12/h3-6,12H,7-8H2,1-2H3,(H,20,25)(H,21,24)(H,19,22,23). The maximum absolute atomic E-state index is 12.3. The second-order valence-electron chi connectivity index (χ2n) is 6.07. The molecule has 10 heteroatoms. The molecule has 0 aliphatic carbocycles. The summed E-state index contributed by atoms with van der Waals surface area (Å²) in [7, 11) is 1.27. The molecule has 0 fully saturated rings. The van der Waals surface area contributed by atoms with Gasteiger partial charge in [0.25, 0.3) is 5.91 Å². The molecule has 9 nitrogen and oxygen atoms in total. The van der Waals surface area contributed by atoms with Crippen LogP contribution in [0.2, 0.25) is 0 Å². The number of methoxy groups -OCH3 is 1. The molecule has 0 bridgehead atoms. The smallest absolute Gasteiger partial charge is 0.350 e. The number of carbonyl (C=O) groups excluding carboxylic acids is 4. The zero-order valence-electron chi connectivity index (χ0n) is 15.2. The van der Waals surface area contributed by atoms with Gasteiger partial charge >= 0.3 is 5.97 Å². The highest BCUT2D eigenvalue weighted by Crippen LogP contribution is 2.24. The van der Waals surface area contributed by atoms with Crippen LogP contribution in [0.1, 0.15) is 38.6 Å². The summed E-state index contributed by atoms with van der Waals surface area (Å²) in [6.45, 7) is 1.64. The number of aromatic nitrogens is 1. The van der Waals surface area contributed by atoms with Crippen LogP contribution in [-0.4, -0.2) is 41.8 Å². The van der Waals surface area contributed by atoms with Crippen LogP contribution in [0.5, 0.6) is 0 Å². The van der Waals surface area contributed by atoms with Crippen molar-refractivity contribution in [2.75, 3.05) is 17.7 Å². The molecular weight excluding hydrogens is 384 g/mol. The second-order valence-corrected chi connectivity index (χ2v) is 7.07. The summed E-state index contributed by atoms with van der Waals surface area (Å²) in [5.74, 6) is -1.66. The van der Waals surface area contributed by atoms with Gasteiger partial charge in [-0.1, -0.05) is 23.5 Å². The van der Waals surface area contributed by atoms with Crippen LogP contribution in [0.4, 0.5) is 10.8 Å². The van der Waals surface area contributed by atoms with Crippen LogP contribution in [0.3, 0.4) is 0 Å². The molecule has 1 unspecified atom stereocenters. The topological polar surface area (TPSA) is 126 Å². The summed E-state index contributed by atoms with van der Waals surface area (Å²) >= 11 is 1.01. The minimum atomic E-state index is -0.839. The van der Waals surface area contributed by atoms with Gasteiger partial charge < -0.3 is 20.7 Å². The van der Waals surface area contributed by atoms with E-state index in [-0.39, 0.29) is 35.7 Å². The largest absolute Gasteiger partial charge is 0.465 e. The quantitative estimate of drug-likeness (QED) is 0.654. The molecule has 1 aliphatic heterocycles. The van der Waals surface area contributed by atoms with Crippen molar-refractivity contribution in [3.63, 3.8) is 0 Å². The van der Waals surface area contributed by atoms with Crippen LogP contribution in [0.25, 0.3) is 0 Å². The van der Waals surface area contributed by atoms with Crippen LogP contribution >= 0.6 is 11.3 Å². The summed E-state index contributed by atoms with van der Waals surface area (Å²) in [6, 6.07) is 5.85. The van der Waals surface area contributed by atoms with Crippen molar-refractivity contribution in [2.45, 2.75) is 25.8 Å². The molecule has 0 saturated heterocycles. The number of hydrogen-bond donors (Lipinski definition) is 3. The fraction of sp³-hybridized carbons (Fsp3) is 0.278. The van der Waals surface area contributed by atoms with E-state index in [0.717, 1.165) is 11.3 Å². The summed E-state index contributed by atoms with van der Waals surface area (Å²) in [5, 5.41) is 8.19. The van der Waals surface area contributed by atoms with Crippen molar-refractivity contribution in [1.82, 2.24) is 10.3 Å². The van der Waals surface area contributed by atoms with Crippen LogP contribution in [0, 0.1) is 6.92 Å². The molecule has 28 heavy (non-hydrogen) atoms. The highest BCUT2D eigenvalue weighted by Gasteiger charge is 2.28. The molecule has 1 aromatic heterocycles. The SMILES string of the molecule is COC(=O)c1sc(NC(=O)CCC2NC(=O)c3ccccc3NC2=O)nc1C. The number of rotatable bonds is 5. The van der Waals surface area contributed by atoms with Crippen LogP contribution in [-0.2, 0) is 14.3 Å². The Labute approximate surface area is 164 Å². The summed E-state index contributed by atoms with van der Waals surface area (Å²) in [6.07, 6.45) is 0.104. The van der Waals surface area contributed by atoms with Gasteiger partial charge in [0.05, 0.1) is 24.1 Å². The number of anilines is 2. The number of carbonyl (C=O) groups is 4. The van der Waals surface area contributed by atoms with Gasteiger partial charge in [-0.25, -0.2) is 9.78 Å². The maximum atomic E-state index is 12.3. The first-order valence-corrected chi connectivity index (χ1v) is 9.27. The Bertz CT molecular complexity index is 955. The molecule has 3 amide bonds. The van der Waals surface area contributed by atoms with E-state index in [2.05, 4.69) is 25.7 Å². The molecule has 3 N–H and O–H groups in total. The Morgan fingerprint density at radius 2 is 2.04 bits per heavy atom. The normalized spacial score (nSPS) is 15.7. The van der Waals surface area contributed by atoms with Crippen molar-refractivity contribution >= 4 is 45.8 Å². The zero-order valence-corrected chi connectivity index (χ0v) is 16.0. The van der Waals surface area contributed by atoms with Crippen LogP contribution in [0.15, 0.2) is 24.3 Å². The predicted molar refractivity (Wildman–Crippen MR) is 102 cm³/mol. The van der Waals surface area contributed by atoms with E-state index in [1.165, 1.54) is 7.11 Å². The fourth-order valence-electron chi connectivity index (χ4n) is 2.70. The lowest BCUT2D eigenvalue weighted by atomic mass is 10.1. The molecule has 0 radical (unpaired) electrons. The Morgan fingerprint density at radius 3 is 2.79 bits per heavy atom. The van der Waals surface area contributed by atoms with Crippen molar-refractivity contribution in [1.29, 1.82) is 0 Å². The monoisotopic (exact) mass is 402 g/mol. The van der Waals surface area contributed by atoms with Crippen LogP contribution < -0.4 is 16.0 Å². The van der Waals surface area contributed by atoms with Gasteiger partial charge in [-0.15, -0.1) is 0 Å². The third-order valence-corrected chi connectivity index (χ3v) is 5.18. The van der Waals surface area contributed by atoms with Crippen molar-refractivity contribution in [3.05, 3.63) is 40.4 Å². The van der Waals surface area contributed by atoms with E-state index < -0.39 is 12.0 Å². The molecule has 3 rings (SSSR count). The second kappa shape index (κ2) is 8.17. The molecule has 0 spiro atoms. The van der Waals surface area contributed by atoms with E-state index in [9.17, 15) is 19.2 Å². The molecule has 2 aromatic rings. The minimum Gasteiger partial charge on any atom is -0.465 e. The van der Waals surface area contributed by atoms with E-state index in [4.69, 9.17) is 0 Å². The van der Waals surface area contributed by atoms with E-state index in [1.807, 2.05) is 0 Å². The number of para-hydroxylation sites is 1. The average Bonchev–Trinajstić information content (AvgIpc) is 2.98. The lowest BCUT2D eigenvalue weighted by molar-refractivity contribution is -0.118. The lowest BCUT2D eigenvalue weighted by Crippen LogP contribution is -2.41. The molecular formula is C18H18N4O5S. The van der Waals surface area contributed by atoms with Gasteiger partial charge in [0.2, 0.25) is 11.8 Å². The lowest BCUT2D eigenvalue weighted by Gasteiger charge is -2.13. The number of nitrogens with one attached hydrogen (secondary N) is 3. The number of thiazole rings is 1. The van der Waals surface area contributed by atoms with Crippen molar-refractivity contribution < 1.29 is 23.9 Å². The number of aryl methyl sites for hydroxylation is 1. The summed E-state index contributed by atoms with van der Waals surface area (Å²) in [5.41, 5.74) is 1.27. The number of esters is 1. The van der Waals surface area contributed by atoms with Gasteiger partial charge in [0.15, 0.2) is 5.13 Å². The number of benzene rings is 1. The van der Waals surface area contributed by atoms with Gasteiger partial charge in [-0.2, -0.15) is 0 Å². The Balaban J connectivity index is 1.60. The average molecular weight is 402 g/mol. The number of hydrogen-bond acceptors (Lipinski definition) is 7. The van der Waals surface area contributed by atoms with Crippen molar-refractivity contribution in [2.24, 2.45) is 0 Å². The van der Waals surface area contributed by atoms with Gasteiger partial charge in [-0.05, 0) is 25.5 Å². The summed E-state index contributed by atoms with van der Waals surface area (Å²) in [4.78, 5) is 52.8. The molecule has 146 valence electrons. The first-order valence-electron chi connectivity index (χ1n) is 8.45. The Hall–Kier alpha value is -3.27. The Kier molecular flexibility index (Phi) is 5.69. The molecule has 1 aromatic carbocycles. The highest BCUT2D eigenvalue weighted by molar-refractivity contribution is 7.17. The maximum Gasteiger partial charge on any atom is 0.350 e. The van der Waals surface area contributed by atoms with E-state index in [1.54, 1.807) is 31.2 Å². The molecule has 0 saturated carbocycles. The third-order valence-electron chi connectivity index (χ3n) is 4.13. The summed E-state index contributed by atoms with van der Waals surface area (Å²) < 4.78 is 4.66. The number of ether oxygens (including phenoxy) is 1. The van der Waals surface area contributed by atoms with Gasteiger partial charge in [0, 0.05) is 6.42 Å². The van der Waals surface area contributed by atoms with Crippen molar-refractivity contribution in [3.8, 4) is 0 Å². The minimum absolute atomic E-state index is 0.0130. The fourth-order valence-corrected chi connectivity index (χ4v) is 3.60. The number of nitrogens with zero attached hydrogens (tertiary/aromatic N) is 1. The Morgan fingerprint density at radius 1 is 1.29 bits per heavy atom. The first kappa shape index (κ1) is 19.5. The van der Waals surface area contributed by atoms with Gasteiger partial charge in [-0.3, -0.25) is 14.4 Å². The van der Waals surface area contributed by atoms with E-state index >= 15 is 0 Å². The number of fused-ring (bicyclic) bond motifs is 1. The molecule has 1 atom stereocenters. The van der Waals surface area contributed by atoms with E-state index in [0.29, 0.717) is 21.8 Å². The third kappa shape index (κ3) is 4.17. The zero-order chi connectivity index (χ0) is 20.3. The highest BCUT2D eigenvalue weighted by atomic mass is 32.1. The first-order chi connectivity index (χ1) is 13.4. The van der Waals surface area contributed by atoms with Gasteiger partial charge in [0.1, 0.15) is 10.9 Å².